The van der Waals surface area contributed by atoms with E-state index in [4.69, 9.17) is 28.4 Å². The van der Waals surface area contributed by atoms with Crippen molar-refractivity contribution < 1.29 is 33.2 Å². The molecule has 0 aromatic heterocycles. The number of rotatable bonds is 6. The Morgan fingerprint density at radius 3 is 2.04 bits per heavy atom. The lowest BCUT2D eigenvalue weighted by Gasteiger charge is -2.22. The molecule has 0 amide bonds. The Bertz CT molecular complexity index is 928. The largest absolute Gasteiger partial charge is 0.509 e. The lowest BCUT2D eigenvalue weighted by molar-refractivity contribution is 0.117. The van der Waals surface area contributed by atoms with Crippen molar-refractivity contribution in [2.75, 3.05) is 28.4 Å². The van der Waals surface area contributed by atoms with E-state index in [1.54, 1.807) is 46.6 Å². The van der Waals surface area contributed by atoms with Gasteiger partial charge in [0.1, 0.15) is 23.0 Å². The standard InChI is InChI=1S/C21H24O7/c1-11(2)9-16-19(28-21(22)27-16)12-10-15(25-5)17-13(23-3)7-8-14(24-4)18(17)20(12)26-6/h7-10,16,19H,1-6H3/t16-,19+/m0/s1. The van der Waals surface area contributed by atoms with E-state index in [0.717, 1.165) is 5.57 Å². The predicted molar refractivity (Wildman–Crippen MR) is 104 cm³/mol. The second-order valence-corrected chi connectivity index (χ2v) is 6.54. The molecule has 1 aliphatic rings. The summed E-state index contributed by atoms with van der Waals surface area (Å²) in [6.45, 7) is 3.85. The number of ether oxygens (including phenoxy) is 6. The van der Waals surface area contributed by atoms with Gasteiger partial charge < -0.3 is 28.4 Å². The summed E-state index contributed by atoms with van der Waals surface area (Å²) in [6, 6.07) is 5.37. The molecule has 0 radical (unpaired) electrons. The Labute approximate surface area is 163 Å². The Morgan fingerprint density at radius 1 is 0.893 bits per heavy atom. The van der Waals surface area contributed by atoms with Gasteiger partial charge in [-0.1, -0.05) is 5.57 Å². The van der Waals surface area contributed by atoms with E-state index in [2.05, 4.69) is 0 Å². The zero-order chi connectivity index (χ0) is 20.4. The van der Waals surface area contributed by atoms with E-state index < -0.39 is 18.4 Å². The third kappa shape index (κ3) is 3.28. The van der Waals surface area contributed by atoms with Gasteiger partial charge in [0, 0.05) is 5.56 Å². The highest BCUT2D eigenvalue weighted by Gasteiger charge is 2.39. The Morgan fingerprint density at radius 2 is 1.50 bits per heavy atom. The topological polar surface area (TPSA) is 72.5 Å². The lowest BCUT2D eigenvalue weighted by atomic mass is 9.96. The molecule has 28 heavy (non-hydrogen) atoms. The smallest absolute Gasteiger partial charge is 0.496 e. The zero-order valence-electron chi connectivity index (χ0n) is 16.8. The molecule has 150 valence electrons. The maximum absolute atomic E-state index is 11.9. The molecule has 2 aromatic rings. The number of fused-ring (bicyclic) bond motifs is 1. The lowest BCUT2D eigenvalue weighted by Crippen LogP contribution is -2.14. The number of cyclic esters (lactones) is 2. The highest BCUT2D eigenvalue weighted by Crippen LogP contribution is 2.49. The minimum Gasteiger partial charge on any atom is -0.496 e. The molecule has 7 heteroatoms. The van der Waals surface area contributed by atoms with Crippen LogP contribution < -0.4 is 18.9 Å². The van der Waals surface area contributed by atoms with Gasteiger partial charge in [0.25, 0.3) is 0 Å². The van der Waals surface area contributed by atoms with Crippen molar-refractivity contribution in [3.8, 4) is 23.0 Å². The molecular weight excluding hydrogens is 364 g/mol. The van der Waals surface area contributed by atoms with E-state index in [1.807, 2.05) is 19.9 Å². The first kappa shape index (κ1) is 19.7. The molecule has 1 fully saturated rings. The van der Waals surface area contributed by atoms with Crippen molar-refractivity contribution in [1.82, 2.24) is 0 Å². The van der Waals surface area contributed by atoms with Crippen molar-refractivity contribution in [1.29, 1.82) is 0 Å². The summed E-state index contributed by atoms with van der Waals surface area (Å²) in [5.41, 5.74) is 1.62. The van der Waals surface area contributed by atoms with Crippen molar-refractivity contribution in [2.24, 2.45) is 0 Å². The van der Waals surface area contributed by atoms with Crippen LogP contribution in [0, 0.1) is 0 Å². The summed E-state index contributed by atoms with van der Waals surface area (Å²) in [5, 5.41) is 1.37. The predicted octanol–water partition coefficient (Wildman–Crippen LogP) is 4.42. The molecule has 7 nitrogen and oxygen atoms in total. The quantitative estimate of drug-likeness (QED) is 0.536. The maximum atomic E-state index is 11.9. The number of carbonyl (C=O) groups excluding carboxylic acids is 1. The van der Waals surface area contributed by atoms with Crippen LogP contribution >= 0.6 is 0 Å². The summed E-state index contributed by atoms with van der Waals surface area (Å²) < 4.78 is 33.2. The molecule has 3 rings (SSSR count). The molecule has 0 bridgehead atoms. The summed E-state index contributed by atoms with van der Waals surface area (Å²) in [6.07, 6.45) is -0.156. The first-order valence-corrected chi connectivity index (χ1v) is 8.77. The average molecular weight is 388 g/mol. The second kappa shape index (κ2) is 7.88. The van der Waals surface area contributed by atoms with Crippen LogP contribution in [0.5, 0.6) is 23.0 Å². The number of allylic oxidation sites excluding steroid dienone is 1. The van der Waals surface area contributed by atoms with E-state index in [9.17, 15) is 4.79 Å². The number of methoxy groups -OCH3 is 4. The summed E-state index contributed by atoms with van der Waals surface area (Å²) >= 11 is 0. The van der Waals surface area contributed by atoms with Crippen LogP contribution in [-0.2, 0) is 9.47 Å². The van der Waals surface area contributed by atoms with Crippen molar-refractivity contribution in [3.05, 3.63) is 35.4 Å². The van der Waals surface area contributed by atoms with Crippen LogP contribution in [0.15, 0.2) is 29.8 Å². The van der Waals surface area contributed by atoms with Crippen LogP contribution in [-0.4, -0.2) is 40.7 Å². The molecule has 1 aliphatic heterocycles. The molecule has 0 spiro atoms. The van der Waals surface area contributed by atoms with Crippen LogP contribution in [0.3, 0.4) is 0 Å². The summed E-state index contributed by atoms with van der Waals surface area (Å²) in [7, 11) is 6.27. The highest BCUT2D eigenvalue weighted by molar-refractivity contribution is 6.03. The van der Waals surface area contributed by atoms with E-state index in [0.29, 0.717) is 39.3 Å². The fourth-order valence-electron chi connectivity index (χ4n) is 3.45. The average Bonchev–Trinajstić information content (AvgIpc) is 3.04. The fraction of sp³-hybridized carbons (Fsp3) is 0.381. The SMILES string of the molecule is COc1ccc(OC)c2c(OC)c([C@H]3OC(=O)O[C@H]3C=C(C)C)cc(OC)c12. The molecular formula is C21H24O7. The molecule has 2 atom stereocenters. The molecule has 0 N–H and O–H groups in total. The highest BCUT2D eigenvalue weighted by atomic mass is 16.8. The second-order valence-electron chi connectivity index (χ2n) is 6.54. The van der Waals surface area contributed by atoms with Crippen molar-refractivity contribution >= 4 is 16.9 Å². The van der Waals surface area contributed by atoms with Gasteiger partial charge in [-0.3, -0.25) is 0 Å². The summed E-state index contributed by atoms with van der Waals surface area (Å²) in [5.74, 6) is 2.23. The van der Waals surface area contributed by atoms with Crippen LogP contribution in [0.25, 0.3) is 10.8 Å². The van der Waals surface area contributed by atoms with Gasteiger partial charge >= 0.3 is 6.16 Å². The molecule has 0 saturated carbocycles. The molecule has 0 unspecified atom stereocenters. The van der Waals surface area contributed by atoms with Gasteiger partial charge in [0.15, 0.2) is 12.2 Å². The van der Waals surface area contributed by atoms with Crippen LogP contribution in [0.2, 0.25) is 0 Å². The Kier molecular flexibility index (Phi) is 5.53. The van der Waals surface area contributed by atoms with Crippen LogP contribution in [0.1, 0.15) is 25.5 Å². The van der Waals surface area contributed by atoms with E-state index in [1.165, 1.54) is 0 Å². The molecule has 1 saturated heterocycles. The van der Waals surface area contributed by atoms with Crippen molar-refractivity contribution in [3.63, 3.8) is 0 Å². The van der Waals surface area contributed by atoms with Gasteiger partial charge in [0.2, 0.25) is 0 Å². The monoisotopic (exact) mass is 388 g/mol. The maximum Gasteiger partial charge on any atom is 0.509 e. The fourth-order valence-corrected chi connectivity index (χ4v) is 3.45. The Hall–Kier alpha value is -3.09. The first-order chi connectivity index (χ1) is 13.4. The van der Waals surface area contributed by atoms with Crippen molar-refractivity contribution in [2.45, 2.75) is 26.1 Å². The number of carbonyl (C=O) groups is 1. The molecule has 0 aliphatic carbocycles. The first-order valence-electron chi connectivity index (χ1n) is 8.77. The third-order valence-electron chi connectivity index (χ3n) is 4.57. The van der Waals surface area contributed by atoms with Gasteiger partial charge in [0.05, 0.1) is 39.2 Å². The van der Waals surface area contributed by atoms with Gasteiger partial charge in [-0.25, -0.2) is 4.79 Å². The summed E-state index contributed by atoms with van der Waals surface area (Å²) in [4.78, 5) is 11.9. The normalized spacial score (nSPS) is 18.3. The number of hydrogen-bond donors (Lipinski definition) is 0. The minimum atomic E-state index is -0.730. The Balaban J connectivity index is 2.35. The van der Waals surface area contributed by atoms with Gasteiger partial charge in [-0.15, -0.1) is 0 Å². The number of hydrogen-bond acceptors (Lipinski definition) is 7. The van der Waals surface area contributed by atoms with Gasteiger partial charge in [-0.05, 0) is 38.1 Å². The minimum absolute atomic E-state index is 0.502. The number of benzene rings is 2. The van der Waals surface area contributed by atoms with Crippen LogP contribution in [0.4, 0.5) is 4.79 Å². The van der Waals surface area contributed by atoms with E-state index >= 15 is 0 Å². The molecule has 1 heterocycles. The third-order valence-corrected chi connectivity index (χ3v) is 4.57. The zero-order valence-corrected chi connectivity index (χ0v) is 16.8. The van der Waals surface area contributed by atoms with E-state index in [-0.39, 0.29) is 0 Å². The van der Waals surface area contributed by atoms with Gasteiger partial charge in [-0.2, -0.15) is 0 Å². The molecule has 2 aromatic carbocycles.